The number of carboxylic acid groups (broad SMARTS) is 1. The molecule has 0 fully saturated rings. The average Bonchev–Trinajstić information content (AvgIpc) is 2.81. The van der Waals surface area contributed by atoms with Gasteiger partial charge in [-0.05, 0) is 61.2 Å². The molecule has 0 aromatic heterocycles. The number of aliphatic hydroxyl groups is 1. The Bertz CT molecular complexity index is 1020. The summed E-state index contributed by atoms with van der Waals surface area (Å²) >= 11 is 0. The number of carbonyl (C=O) groups is 1. The molecule has 0 aliphatic heterocycles. The van der Waals surface area contributed by atoms with Crippen LogP contribution in [-0.2, 0) is 6.42 Å². The maximum absolute atomic E-state index is 11.6. The topological polar surface area (TPSA) is 72.8 Å². The van der Waals surface area contributed by atoms with Crippen molar-refractivity contribution < 1.29 is 15.0 Å². The lowest BCUT2D eigenvalue weighted by atomic mass is 9.99. The molecular weight excluding hydrogens is 400 g/mol. The Morgan fingerprint density at radius 3 is 2.25 bits per heavy atom. The summed E-state index contributed by atoms with van der Waals surface area (Å²) in [6.07, 6.45) is 0.353. The minimum Gasteiger partial charge on any atom is -0.478 e. The van der Waals surface area contributed by atoms with Crippen molar-refractivity contribution in [1.82, 2.24) is 5.32 Å². The van der Waals surface area contributed by atoms with E-state index in [-0.39, 0.29) is 6.04 Å². The number of hydrogen-bond donors (Lipinski definition) is 3. The first kappa shape index (κ1) is 23.5. The summed E-state index contributed by atoms with van der Waals surface area (Å²) in [5.74, 6) is -0.917. The Hall–Kier alpha value is -3.15. The highest BCUT2D eigenvalue weighted by molar-refractivity contribution is 5.95. The summed E-state index contributed by atoms with van der Waals surface area (Å²) in [5, 5.41) is 23.1. The standard InChI is InChI=1S/C27H32N2O3/c1-19(2)29(3)25-17-23(13-14-24(25)27(31)32)21-11-9-20(10-12-21)15-16-28-18-26(30)22-7-5-4-6-8-22/h4-14,17,19,26,28,30H,15-16,18H2,1-3H3,(H,31,32)/t26-/m0/s1. The molecule has 1 atom stereocenters. The molecular formula is C27H32N2O3. The van der Waals surface area contributed by atoms with Gasteiger partial charge in [0.15, 0.2) is 0 Å². The van der Waals surface area contributed by atoms with Crippen LogP contribution in [0, 0.1) is 0 Å². The molecule has 168 valence electrons. The Balaban J connectivity index is 1.61. The highest BCUT2D eigenvalue weighted by Crippen LogP contribution is 2.29. The fraction of sp³-hybridized carbons (Fsp3) is 0.296. The Morgan fingerprint density at radius 2 is 1.62 bits per heavy atom. The van der Waals surface area contributed by atoms with Gasteiger partial charge in [-0.2, -0.15) is 0 Å². The summed E-state index contributed by atoms with van der Waals surface area (Å²) in [4.78, 5) is 13.6. The van der Waals surface area contributed by atoms with Crippen LogP contribution in [-0.4, -0.2) is 42.4 Å². The van der Waals surface area contributed by atoms with Gasteiger partial charge in [-0.15, -0.1) is 0 Å². The maximum Gasteiger partial charge on any atom is 0.337 e. The van der Waals surface area contributed by atoms with Gasteiger partial charge in [0, 0.05) is 19.6 Å². The zero-order chi connectivity index (χ0) is 23.1. The van der Waals surface area contributed by atoms with Gasteiger partial charge in [-0.1, -0.05) is 60.7 Å². The van der Waals surface area contributed by atoms with Gasteiger partial charge >= 0.3 is 5.97 Å². The largest absolute Gasteiger partial charge is 0.478 e. The molecule has 0 saturated carbocycles. The van der Waals surface area contributed by atoms with Crippen LogP contribution in [0.15, 0.2) is 72.8 Å². The third-order valence-electron chi connectivity index (χ3n) is 5.78. The molecule has 0 aliphatic carbocycles. The van der Waals surface area contributed by atoms with E-state index in [0.29, 0.717) is 12.1 Å². The van der Waals surface area contributed by atoms with Crippen molar-refractivity contribution in [2.45, 2.75) is 32.4 Å². The molecule has 0 bridgehead atoms. The van der Waals surface area contributed by atoms with E-state index in [1.807, 2.05) is 68.3 Å². The van der Waals surface area contributed by atoms with Crippen LogP contribution in [0.3, 0.4) is 0 Å². The van der Waals surface area contributed by atoms with Crippen LogP contribution >= 0.6 is 0 Å². The number of nitrogens with zero attached hydrogens (tertiary/aromatic N) is 1. The molecule has 3 N–H and O–H groups in total. The van der Waals surface area contributed by atoms with Crippen molar-refractivity contribution in [1.29, 1.82) is 0 Å². The molecule has 5 nitrogen and oxygen atoms in total. The van der Waals surface area contributed by atoms with E-state index in [4.69, 9.17) is 0 Å². The first-order valence-corrected chi connectivity index (χ1v) is 11.0. The van der Waals surface area contributed by atoms with E-state index in [0.717, 1.165) is 35.3 Å². The number of aromatic carboxylic acids is 1. The van der Waals surface area contributed by atoms with Gasteiger partial charge in [-0.3, -0.25) is 0 Å². The Morgan fingerprint density at radius 1 is 0.969 bits per heavy atom. The highest BCUT2D eigenvalue weighted by Gasteiger charge is 2.16. The van der Waals surface area contributed by atoms with E-state index in [2.05, 4.69) is 29.6 Å². The van der Waals surface area contributed by atoms with Gasteiger partial charge in [-0.25, -0.2) is 4.79 Å². The third kappa shape index (κ3) is 5.96. The first-order valence-electron chi connectivity index (χ1n) is 11.0. The number of hydrogen-bond acceptors (Lipinski definition) is 4. The summed E-state index contributed by atoms with van der Waals surface area (Å²) in [6.45, 7) is 5.38. The van der Waals surface area contributed by atoms with Crippen LogP contribution < -0.4 is 10.2 Å². The second-order valence-corrected chi connectivity index (χ2v) is 8.32. The number of carboxylic acids is 1. The molecule has 0 heterocycles. The average molecular weight is 433 g/mol. The van der Waals surface area contributed by atoms with E-state index < -0.39 is 12.1 Å². The third-order valence-corrected chi connectivity index (χ3v) is 5.78. The van der Waals surface area contributed by atoms with Gasteiger partial charge in [0.25, 0.3) is 0 Å². The summed E-state index contributed by atoms with van der Waals surface area (Å²) < 4.78 is 0. The molecule has 0 unspecified atom stereocenters. The molecule has 3 aromatic carbocycles. The molecule has 0 radical (unpaired) electrons. The lowest BCUT2D eigenvalue weighted by Gasteiger charge is -2.26. The van der Waals surface area contributed by atoms with Crippen LogP contribution in [0.1, 0.15) is 41.4 Å². The van der Waals surface area contributed by atoms with Crippen LogP contribution in [0.4, 0.5) is 5.69 Å². The summed E-state index contributed by atoms with van der Waals surface area (Å²) in [6, 6.07) is 23.7. The second-order valence-electron chi connectivity index (χ2n) is 8.32. The van der Waals surface area contributed by atoms with Crippen molar-refractivity contribution in [3.05, 3.63) is 89.5 Å². The number of nitrogens with one attached hydrogen (secondary N) is 1. The van der Waals surface area contributed by atoms with Crippen LogP contribution in [0.25, 0.3) is 11.1 Å². The smallest absolute Gasteiger partial charge is 0.337 e. The summed E-state index contributed by atoms with van der Waals surface area (Å²) in [5.41, 5.74) is 5.20. The van der Waals surface area contributed by atoms with Gasteiger partial charge in [0.05, 0.1) is 17.4 Å². The molecule has 3 aromatic rings. The fourth-order valence-corrected chi connectivity index (χ4v) is 3.59. The Kier molecular flexibility index (Phi) is 8.03. The molecule has 0 amide bonds. The molecule has 32 heavy (non-hydrogen) atoms. The lowest BCUT2D eigenvalue weighted by Crippen LogP contribution is -2.27. The van der Waals surface area contributed by atoms with Gasteiger partial charge < -0.3 is 20.4 Å². The number of benzene rings is 3. The summed E-state index contributed by atoms with van der Waals surface area (Å²) in [7, 11) is 1.92. The SMILES string of the molecule is CC(C)N(C)c1cc(-c2ccc(CCNC[C@H](O)c3ccccc3)cc2)ccc1C(=O)O. The normalized spacial score (nSPS) is 12.0. The van der Waals surface area contributed by atoms with Crippen molar-refractivity contribution >= 4 is 11.7 Å². The van der Waals surface area contributed by atoms with Gasteiger partial charge in [0.2, 0.25) is 0 Å². The van der Waals surface area contributed by atoms with Crippen LogP contribution in [0.5, 0.6) is 0 Å². The van der Waals surface area contributed by atoms with E-state index in [9.17, 15) is 15.0 Å². The first-order chi connectivity index (χ1) is 15.4. The van der Waals surface area contributed by atoms with E-state index >= 15 is 0 Å². The zero-order valence-corrected chi connectivity index (χ0v) is 19.0. The predicted molar refractivity (Wildman–Crippen MR) is 130 cm³/mol. The number of rotatable bonds is 10. The van der Waals surface area contributed by atoms with Gasteiger partial charge in [0.1, 0.15) is 0 Å². The molecule has 0 spiro atoms. The van der Waals surface area contributed by atoms with E-state index in [1.54, 1.807) is 6.07 Å². The highest BCUT2D eigenvalue weighted by atomic mass is 16.4. The van der Waals surface area contributed by atoms with Crippen LogP contribution in [0.2, 0.25) is 0 Å². The van der Waals surface area contributed by atoms with Crippen molar-refractivity contribution in [3.63, 3.8) is 0 Å². The molecule has 0 aliphatic rings. The second kappa shape index (κ2) is 10.9. The Labute approximate surface area is 190 Å². The molecule has 0 saturated heterocycles. The van der Waals surface area contributed by atoms with E-state index in [1.165, 1.54) is 5.56 Å². The molecule has 5 heteroatoms. The zero-order valence-electron chi connectivity index (χ0n) is 19.0. The molecule has 3 rings (SSSR count). The lowest BCUT2D eigenvalue weighted by molar-refractivity contribution is 0.0697. The number of anilines is 1. The predicted octanol–water partition coefficient (Wildman–Crippen LogP) is 4.76. The quantitative estimate of drug-likeness (QED) is 0.403. The number of aliphatic hydroxyl groups excluding tert-OH is 1. The fourth-order valence-electron chi connectivity index (χ4n) is 3.59. The monoisotopic (exact) mass is 432 g/mol. The maximum atomic E-state index is 11.6. The van der Waals surface area contributed by atoms with Crippen molar-refractivity contribution in [2.24, 2.45) is 0 Å². The minimum atomic E-state index is -0.917. The van der Waals surface area contributed by atoms with Crippen molar-refractivity contribution in [2.75, 3.05) is 25.0 Å². The van der Waals surface area contributed by atoms with Crippen molar-refractivity contribution in [3.8, 4) is 11.1 Å². The minimum absolute atomic E-state index is 0.193.